The molecule has 4 aromatic rings. The van der Waals surface area contributed by atoms with Gasteiger partial charge in [0, 0.05) is 12.6 Å². The number of benzene rings is 1. The molecule has 1 aromatic carbocycles. The number of aryl methyl sites for hydroxylation is 2. The van der Waals surface area contributed by atoms with Gasteiger partial charge in [0.25, 0.3) is 5.89 Å². The highest BCUT2D eigenvalue weighted by Gasteiger charge is 2.09. The van der Waals surface area contributed by atoms with Crippen LogP contribution in [0.2, 0.25) is 0 Å². The van der Waals surface area contributed by atoms with Crippen molar-refractivity contribution in [3.8, 4) is 11.5 Å². The molecular weight excluding hydrogens is 344 g/mol. The number of tetrazole rings is 1. The monoisotopic (exact) mass is 362 g/mol. The van der Waals surface area contributed by atoms with Crippen molar-refractivity contribution in [2.24, 2.45) is 0 Å². The quantitative estimate of drug-likeness (QED) is 0.490. The zero-order valence-corrected chi connectivity index (χ0v) is 14.5. The number of anilines is 1. The number of hydrogen-bond acceptors (Lipinski definition) is 8. The predicted molar refractivity (Wildman–Crippen MR) is 97.5 cm³/mol. The maximum absolute atomic E-state index is 5.36. The summed E-state index contributed by atoms with van der Waals surface area (Å²) in [6.45, 7) is 0.439. The van der Waals surface area contributed by atoms with Gasteiger partial charge in [0.15, 0.2) is 11.6 Å². The molecule has 4 rings (SSSR count). The Kier molecular flexibility index (Phi) is 5.09. The first kappa shape index (κ1) is 16.8. The molecule has 2 N–H and O–H groups in total. The normalized spacial score (nSPS) is 10.8. The molecule has 136 valence electrons. The van der Waals surface area contributed by atoms with Gasteiger partial charge in [-0.05, 0) is 30.5 Å². The van der Waals surface area contributed by atoms with Crippen molar-refractivity contribution < 1.29 is 4.52 Å². The Morgan fingerprint density at radius 3 is 2.70 bits per heavy atom. The summed E-state index contributed by atoms with van der Waals surface area (Å²) in [5.41, 5.74) is 2.09. The van der Waals surface area contributed by atoms with Crippen molar-refractivity contribution in [2.45, 2.75) is 25.8 Å². The summed E-state index contributed by atoms with van der Waals surface area (Å²) < 4.78 is 5.36. The Morgan fingerprint density at radius 2 is 1.93 bits per heavy atom. The van der Waals surface area contributed by atoms with Gasteiger partial charge in [-0.2, -0.15) is 10.2 Å². The summed E-state index contributed by atoms with van der Waals surface area (Å²) in [5.74, 6) is 2.45. The largest absolute Gasteiger partial charge is 0.363 e. The Bertz CT molecular complexity index is 951. The van der Waals surface area contributed by atoms with Gasteiger partial charge in [0.2, 0.25) is 0 Å². The van der Waals surface area contributed by atoms with Crippen LogP contribution in [-0.2, 0) is 19.4 Å². The minimum absolute atomic E-state index is 0.439. The highest BCUT2D eigenvalue weighted by Crippen LogP contribution is 2.18. The third kappa shape index (κ3) is 4.51. The maximum atomic E-state index is 5.36. The van der Waals surface area contributed by atoms with Crippen LogP contribution in [0.5, 0.6) is 0 Å². The van der Waals surface area contributed by atoms with Gasteiger partial charge in [-0.1, -0.05) is 40.7 Å². The van der Waals surface area contributed by atoms with E-state index < -0.39 is 0 Å². The van der Waals surface area contributed by atoms with Crippen LogP contribution in [0.15, 0.2) is 53.2 Å². The third-order valence-electron chi connectivity index (χ3n) is 4.00. The van der Waals surface area contributed by atoms with Crippen LogP contribution in [0.3, 0.4) is 0 Å². The van der Waals surface area contributed by atoms with E-state index in [-0.39, 0.29) is 0 Å². The Hall–Kier alpha value is -3.62. The second kappa shape index (κ2) is 8.17. The van der Waals surface area contributed by atoms with Crippen LogP contribution in [0.25, 0.3) is 11.5 Å². The van der Waals surface area contributed by atoms with Gasteiger partial charge in [-0.3, -0.25) is 0 Å². The second-order valence-corrected chi connectivity index (χ2v) is 5.97. The molecule has 9 nitrogen and oxygen atoms in total. The van der Waals surface area contributed by atoms with Crippen molar-refractivity contribution in [3.63, 3.8) is 0 Å². The molecule has 0 fully saturated rings. The van der Waals surface area contributed by atoms with E-state index in [0.717, 1.165) is 24.8 Å². The molecule has 9 heteroatoms. The molecular formula is C18H18N8O. The summed E-state index contributed by atoms with van der Waals surface area (Å²) in [4.78, 5) is 8.80. The number of nitrogens with zero attached hydrogens (tertiary/aromatic N) is 6. The van der Waals surface area contributed by atoms with Crippen LogP contribution in [-0.4, -0.2) is 35.7 Å². The molecule has 0 bridgehead atoms. The maximum Gasteiger partial charge on any atom is 0.259 e. The molecule has 3 heterocycles. The highest BCUT2D eigenvalue weighted by molar-refractivity contribution is 5.54. The standard InChI is InChI=1S/C18H18N8O/c1-2-5-13(6-3-1)7-4-8-16-21-18(27-24-16)14-9-10-15(19-11-14)20-12-17-22-25-26-23-17/h1-3,5-6,9-11H,4,7-8,12H2,(H,19,20)(H,22,23,25,26). The van der Waals surface area contributed by atoms with E-state index in [1.165, 1.54) is 5.56 Å². The van der Waals surface area contributed by atoms with E-state index in [1.54, 1.807) is 6.20 Å². The highest BCUT2D eigenvalue weighted by atomic mass is 16.5. The Morgan fingerprint density at radius 1 is 1.00 bits per heavy atom. The molecule has 0 aliphatic heterocycles. The zero-order valence-electron chi connectivity index (χ0n) is 14.5. The molecule has 0 aliphatic carbocycles. The number of hydrogen-bond donors (Lipinski definition) is 2. The predicted octanol–water partition coefficient (Wildman–Crippen LogP) is 2.43. The van der Waals surface area contributed by atoms with E-state index in [1.807, 2.05) is 18.2 Å². The molecule has 3 aromatic heterocycles. The van der Waals surface area contributed by atoms with Crippen molar-refractivity contribution in [3.05, 3.63) is 65.9 Å². The van der Waals surface area contributed by atoms with Gasteiger partial charge in [0.1, 0.15) is 5.82 Å². The molecule has 0 aliphatic rings. The number of pyridine rings is 1. The van der Waals surface area contributed by atoms with E-state index in [0.29, 0.717) is 29.9 Å². The lowest BCUT2D eigenvalue weighted by molar-refractivity contribution is 0.421. The van der Waals surface area contributed by atoms with Gasteiger partial charge in [-0.25, -0.2) is 4.98 Å². The number of H-pyrrole nitrogens is 1. The van der Waals surface area contributed by atoms with Crippen LogP contribution in [0.4, 0.5) is 5.82 Å². The SMILES string of the molecule is c1ccc(CCCc2noc(-c3ccc(NCc4nn[nH]n4)nc3)n2)cc1. The molecule has 0 saturated heterocycles. The molecule has 0 radical (unpaired) electrons. The van der Waals surface area contributed by atoms with E-state index in [9.17, 15) is 0 Å². The van der Waals surface area contributed by atoms with Gasteiger partial charge in [-0.15, -0.1) is 10.2 Å². The molecule has 27 heavy (non-hydrogen) atoms. The topological polar surface area (TPSA) is 118 Å². The average molecular weight is 362 g/mol. The van der Waals surface area contributed by atoms with Gasteiger partial charge >= 0.3 is 0 Å². The molecule has 0 atom stereocenters. The summed E-state index contributed by atoms with van der Waals surface area (Å²) in [7, 11) is 0. The summed E-state index contributed by atoms with van der Waals surface area (Å²) in [6, 6.07) is 14.1. The molecule has 0 amide bonds. The summed E-state index contributed by atoms with van der Waals surface area (Å²) in [5, 5.41) is 20.8. The fourth-order valence-electron chi connectivity index (χ4n) is 2.62. The second-order valence-electron chi connectivity index (χ2n) is 5.97. The molecule has 0 unspecified atom stereocenters. The van der Waals surface area contributed by atoms with Crippen LogP contribution >= 0.6 is 0 Å². The fourth-order valence-corrected chi connectivity index (χ4v) is 2.62. The smallest absolute Gasteiger partial charge is 0.259 e. The average Bonchev–Trinajstić information content (AvgIpc) is 3.40. The first-order valence-corrected chi connectivity index (χ1v) is 8.66. The molecule has 0 saturated carbocycles. The minimum atomic E-state index is 0.439. The lowest BCUT2D eigenvalue weighted by atomic mass is 10.1. The van der Waals surface area contributed by atoms with Crippen molar-refractivity contribution in [2.75, 3.05) is 5.32 Å². The van der Waals surface area contributed by atoms with E-state index in [2.05, 4.69) is 65.3 Å². The van der Waals surface area contributed by atoms with Crippen molar-refractivity contribution in [1.82, 2.24) is 35.7 Å². The number of aromatic nitrogens is 7. The summed E-state index contributed by atoms with van der Waals surface area (Å²) >= 11 is 0. The Balaban J connectivity index is 1.31. The first-order chi connectivity index (χ1) is 13.4. The van der Waals surface area contributed by atoms with Crippen molar-refractivity contribution >= 4 is 5.82 Å². The fraction of sp³-hybridized carbons (Fsp3) is 0.222. The Labute approximate surface area is 155 Å². The first-order valence-electron chi connectivity index (χ1n) is 8.66. The van der Waals surface area contributed by atoms with E-state index >= 15 is 0 Å². The van der Waals surface area contributed by atoms with Crippen LogP contribution in [0.1, 0.15) is 23.6 Å². The van der Waals surface area contributed by atoms with Gasteiger partial charge in [0.05, 0.1) is 12.1 Å². The summed E-state index contributed by atoms with van der Waals surface area (Å²) in [6.07, 6.45) is 4.43. The van der Waals surface area contributed by atoms with Crippen LogP contribution < -0.4 is 5.32 Å². The number of nitrogens with one attached hydrogen (secondary N) is 2. The molecule has 0 spiro atoms. The number of aromatic amines is 1. The lowest BCUT2D eigenvalue weighted by Gasteiger charge is -2.02. The van der Waals surface area contributed by atoms with Gasteiger partial charge < -0.3 is 9.84 Å². The van der Waals surface area contributed by atoms with E-state index in [4.69, 9.17) is 4.52 Å². The minimum Gasteiger partial charge on any atom is -0.363 e. The van der Waals surface area contributed by atoms with Crippen molar-refractivity contribution in [1.29, 1.82) is 0 Å². The zero-order chi connectivity index (χ0) is 18.3. The lowest BCUT2D eigenvalue weighted by Crippen LogP contribution is -2.02. The van der Waals surface area contributed by atoms with Crippen LogP contribution in [0, 0.1) is 0 Å². The number of rotatable bonds is 8. The third-order valence-corrected chi connectivity index (χ3v) is 4.00.